The molecule has 0 radical (unpaired) electrons. The summed E-state index contributed by atoms with van der Waals surface area (Å²) in [6, 6.07) is 4.61. The summed E-state index contributed by atoms with van der Waals surface area (Å²) in [7, 11) is -1.58. The standard InChI is InChI=1S/C20H19ClF3N5O4S/c1-28-9-25-12-5-6-14(18(24)16(12)20(28)30)26-19-10(22)3-4-13(17(19)21)27-34(31,32)29-7-11(23)15(8-29)33-2/h3-6,9,11,15,26-27H,7-8H2,1-2H3. The molecule has 9 nitrogen and oxygen atoms in total. The van der Waals surface area contributed by atoms with Gasteiger partial charge in [-0.25, -0.2) is 18.2 Å². The second-order valence-electron chi connectivity index (χ2n) is 7.61. The Morgan fingerprint density at radius 1 is 1.18 bits per heavy atom. The molecule has 4 rings (SSSR count). The van der Waals surface area contributed by atoms with Crippen LogP contribution in [0.4, 0.5) is 30.2 Å². The van der Waals surface area contributed by atoms with Gasteiger partial charge in [0.15, 0.2) is 5.82 Å². The topological polar surface area (TPSA) is 106 Å². The monoisotopic (exact) mass is 517 g/mol. The fraction of sp³-hybridized carbons (Fsp3) is 0.300. The van der Waals surface area contributed by atoms with Gasteiger partial charge in [-0.1, -0.05) is 11.6 Å². The number of rotatable bonds is 6. The molecule has 1 aromatic heterocycles. The van der Waals surface area contributed by atoms with Crippen LogP contribution >= 0.6 is 11.6 Å². The van der Waals surface area contributed by atoms with Crippen LogP contribution in [0.25, 0.3) is 10.9 Å². The van der Waals surface area contributed by atoms with Crippen molar-refractivity contribution < 1.29 is 26.3 Å². The highest BCUT2D eigenvalue weighted by atomic mass is 35.5. The van der Waals surface area contributed by atoms with Gasteiger partial charge < -0.3 is 14.6 Å². The van der Waals surface area contributed by atoms with Crippen molar-refractivity contribution in [2.24, 2.45) is 7.05 Å². The van der Waals surface area contributed by atoms with Gasteiger partial charge in [-0.2, -0.15) is 12.7 Å². The van der Waals surface area contributed by atoms with E-state index < -0.39 is 56.9 Å². The molecule has 0 bridgehead atoms. The molecule has 3 aromatic rings. The molecule has 1 aliphatic rings. The Morgan fingerprint density at radius 2 is 1.88 bits per heavy atom. The zero-order chi connectivity index (χ0) is 24.8. The number of methoxy groups -OCH3 is 1. The molecule has 14 heteroatoms. The number of aryl methyl sites for hydroxylation is 1. The van der Waals surface area contributed by atoms with Crippen LogP contribution in [-0.4, -0.2) is 54.7 Å². The Morgan fingerprint density at radius 3 is 2.56 bits per heavy atom. The highest BCUT2D eigenvalue weighted by Crippen LogP contribution is 2.37. The number of alkyl halides is 1. The van der Waals surface area contributed by atoms with Crippen molar-refractivity contribution in [3.63, 3.8) is 0 Å². The number of benzene rings is 2. The number of hydrogen-bond acceptors (Lipinski definition) is 6. The predicted octanol–water partition coefficient (Wildman–Crippen LogP) is 2.93. The first-order valence-corrected chi connectivity index (χ1v) is 11.7. The maximum Gasteiger partial charge on any atom is 0.301 e. The molecular weight excluding hydrogens is 499 g/mol. The zero-order valence-corrected chi connectivity index (χ0v) is 19.4. The number of halogens is 4. The molecule has 1 saturated heterocycles. The number of nitrogens with one attached hydrogen (secondary N) is 2. The van der Waals surface area contributed by atoms with E-state index in [-0.39, 0.29) is 28.8 Å². The van der Waals surface area contributed by atoms with Crippen molar-refractivity contribution in [1.82, 2.24) is 13.9 Å². The number of fused-ring (bicyclic) bond motifs is 1. The highest BCUT2D eigenvalue weighted by Gasteiger charge is 2.39. The van der Waals surface area contributed by atoms with E-state index in [9.17, 15) is 22.0 Å². The van der Waals surface area contributed by atoms with Crippen molar-refractivity contribution in [1.29, 1.82) is 0 Å². The zero-order valence-electron chi connectivity index (χ0n) is 17.9. The van der Waals surface area contributed by atoms with Crippen LogP contribution in [0.15, 0.2) is 35.4 Å². The summed E-state index contributed by atoms with van der Waals surface area (Å²) in [4.78, 5) is 16.3. The minimum atomic E-state index is -4.26. The van der Waals surface area contributed by atoms with Crippen molar-refractivity contribution in [3.05, 3.63) is 57.6 Å². The number of hydrogen-bond donors (Lipinski definition) is 2. The fourth-order valence-electron chi connectivity index (χ4n) is 3.56. The fourth-order valence-corrected chi connectivity index (χ4v) is 5.12. The summed E-state index contributed by atoms with van der Waals surface area (Å²) in [5, 5.41) is 1.76. The third kappa shape index (κ3) is 4.31. The van der Waals surface area contributed by atoms with Crippen LogP contribution in [0.1, 0.15) is 0 Å². The number of ether oxygens (including phenoxy) is 1. The van der Waals surface area contributed by atoms with Gasteiger partial charge in [0, 0.05) is 27.2 Å². The van der Waals surface area contributed by atoms with Gasteiger partial charge in [-0.3, -0.25) is 9.52 Å². The molecule has 2 heterocycles. The average Bonchev–Trinajstić information content (AvgIpc) is 3.18. The van der Waals surface area contributed by atoms with E-state index in [0.29, 0.717) is 0 Å². The molecule has 182 valence electrons. The normalized spacial score (nSPS) is 19.0. The summed E-state index contributed by atoms with van der Waals surface area (Å²) in [5.74, 6) is -1.89. The average molecular weight is 518 g/mol. The lowest BCUT2D eigenvalue weighted by Gasteiger charge is -2.19. The van der Waals surface area contributed by atoms with E-state index >= 15 is 4.39 Å². The number of nitrogens with zero attached hydrogens (tertiary/aromatic N) is 3. The van der Waals surface area contributed by atoms with Gasteiger partial charge in [0.25, 0.3) is 5.56 Å². The molecule has 34 heavy (non-hydrogen) atoms. The second kappa shape index (κ2) is 9.06. The minimum Gasteiger partial charge on any atom is -0.377 e. The van der Waals surface area contributed by atoms with Gasteiger partial charge >= 0.3 is 10.2 Å². The number of anilines is 3. The van der Waals surface area contributed by atoms with Crippen LogP contribution in [0.5, 0.6) is 0 Å². The Bertz CT molecular complexity index is 1440. The van der Waals surface area contributed by atoms with Crippen LogP contribution in [0, 0.1) is 11.6 Å². The minimum absolute atomic E-state index is 0.102. The quantitative estimate of drug-likeness (QED) is 0.521. The van der Waals surface area contributed by atoms with Crippen LogP contribution < -0.4 is 15.6 Å². The summed E-state index contributed by atoms with van der Waals surface area (Å²) in [6.07, 6.45) is -1.19. The summed E-state index contributed by atoms with van der Waals surface area (Å²) < 4.78 is 78.1. The van der Waals surface area contributed by atoms with E-state index in [0.717, 1.165) is 21.0 Å². The Kier molecular flexibility index (Phi) is 6.46. The molecule has 0 saturated carbocycles. The predicted molar refractivity (Wildman–Crippen MR) is 121 cm³/mol. The Hall–Kier alpha value is -2.87. The largest absolute Gasteiger partial charge is 0.377 e. The van der Waals surface area contributed by atoms with Gasteiger partial charge in [-0.05, 0) is 24.3 Å². The molecule has 0 spiro atoms. The highest BCUT2D eigenvalue weighted by molar-refractivity contribution is 7.90. The van der Waals surface area contributed by atoms with E-state index in [1.807, 2.05) is 0 Å². The van der Waals surface area contributed by atoms with Crippen molar-refractivity contribution in [3.8, 4) is 0 Å². The lowest BCUT2D eigenvalue weighted by Crippen LogP contribution is -2.35. The van der Waals surface area contributed by atoms with E-state index in [4.69, 9.17) is 16.3 Å². The van der Waals surface area contributed by atoms with Gasteiger partial charge in [0.1, 0.15) is 23.5 Å². The molecule has 1 fully saturated rings. The molecular formula is C20H19ClF3N5O4S. The first-order chi connectivity index (χ1) is 16.0. The summed E-state index contributed by atoms with van der Waals surface area (Å²) in [6.45, 7) is -0.648. The molecule has 1 aliphatic heterocycles. The SMILES string of the molecule is COC1CN(S(=O)(=O)Nc2ccc(F)c(Nc3ccc4ncn(C)c(=O)c4c3F)c2Cl)CC1F. The lowest BCUT2D eigenvalue weighted by molar-refractivity contribution is 0.0637. The maximum absolute atomic E-state index is 15.1. The van der Waals surface area contributed by atoms with Crippen molar-refractivity contribution in [2.75, 3.05) is 30.2 Å². The van der Waals surface area contributed by atoms with Crippen LogP contribution in [-0.2, 0) is 22.0 Å². The van der Waals surface area contributed by atoms with E-state index in [1.165, 1.54) is 32.6 Å². The Balaban J connectivity index is 1.67. The molecule has 2 aromatic carbocycles. The first kappa shape index (κ1) is 24.3. The molecule has 2 N–H and O–H groups in total. The lowest BCUT2D eigenvalue weighted by atomic mass is 10.2. The third-order valence-corrected chi connectivity index (χ3v) is 7.27. The maximum atomic E-state index is 15.1. The van der Waals surface area contributed by atoms with Gasteiger partial charge in [0.2, 0.25) is 0 Å². The first-order valence-electron chi connectivity index (χ1n) is 9.87. The molecule has 0 amide bonds. The van der Waals surface area contributed by atoms with Crippen molar-refractivity contribution in [2.45, 2.75) is 12.3 Å². The summed E-state index contributed by atoms with van der Waals surface area (Å²) in [5.41, 5.74) is -1.47. The van der Waals surface area contributed by atoms with Crippen LogP contribution in [0.2, 0.25) is 5.02 Å². The Labute approximate surface area is 197 Å². The summed E-state index contributed by atoms with van der Waals surface area (Å²) >= 11 is 6.24. The third-order valence-electron chi connectivity index (χ3n) is 5.42. The van der Waals surface area contributed by atoms with Gasteiger partial charge in [-0.15, -0.1) is 0 Å². The van der Waals surface area contributed by atoms with E-state index in [1.54, 1.807) is 0 Å². The molecule has 2 unspecified atom stereocenters. The smallest absolute Gasteiger partial charge is 0.301 e. The van der Waals surface area contributed by atoms with Crippen LogP contribution in [0.3, 0.4) is 0 Å². The van der Waals surface area contributed by atoms with Gasteiger partial charge in [0.05, 0.1) is 33.9 Å². The van der Waals surface area contributed by atoms with Crippen molar-refractivity contribution >= 4 is 49.8 Å². The molecule has 0 aliphatic carbocycles. The second-order valence-corrected chi connectivity index (χ2v) is 9.65. The van der Waals surface area contributed by atoms with E-state index in [2.05, 4.69) is 15.0 Å². The number of aromatic nitrogens is 2. The molecule has 2 atom stereocenters.